The van der Waals surface area contributed by atoms with Crippen molar-refractivity contribution in [1.82, 2.24) is 0 Å². The second kappa shape index (κ2) is 12.1. The molecule has 1 aliphatic heterocycles. The zero-order valence-electron chi connectivity index (χ0n) is 19.2. The fraction of sp³-hybridized carbons (Fsp3) is 0.708. The third-order valence-electron chi connectivity index (χ3n) is 6.17. The molecule has 1 heterocycles. The van der Waals surface area contributed by atoms with Crippen LogP contribution < -0.4 is 0 Å². The van der Waals surface area contributed by atoms with Crippen molar-refractivity contribution < 1.29 is 31.6 Å². The molecule has 1 saturated carbocycles. The first kappa shape index (κ1) is 25.1. The maximum atomic E-state index is 12.7. The van der Waals surface area contributed by atoms with Gasteiger partial charge >= 0.3 is 5.97 Å². The Labute approximate surface area is 191 Å². The summed E-state index contributed by atoms with van der Waals surface area (Å²) in [5, 5.41) is 0. The zero-order valence-corrected chi connectivity index (χ0v) is 20.0. The lowest BCUT2D eigenvalue weighted by Crippen LogP contribution is -2.35. The van der Waals surface area contributed by atoms with Crippen molar-refractivity contribution in [2.45, 2.75) is 95.0 Å². The second-order valence-corrected chi connectivity index (χ2v) is 10.5. The van der Waals surface area contributed by atoms with Crippen LogP contribution in [0.3, 0.4) is 0 Å². The predicted molar refractivity (Wildman–Crippen MR) is 120 cm³/mol. The van der Waals surface area contributed by atoms with Crippen molar-refractivity contribution in [2.75, 3.05) is 13.2 Å². The summed E-state index contributed by atoms with van der Waals surface area (Å²) >= 11 is 0. The van der Waals surface area contributed by atoms with Crippen LogP contribution in [0, 0.1) is 12.8 Å². The molecule has 0 aromatic heterocycles. The number of esters is 1. The van der Waals surface area contributed by atoms with Gasteiger partial charge < -0.3 is 14.2 Å². The summed E-state index contributed by atoms with van der Waals surface area (Å²) in [6.45, 7) is 3.87. The van der Waals surface area contributed by atoms with E-state index in [1.165, 1.54) is 6.92 Å². The fourth-order valence-corrected chi connectivity index (χ4v) is 5.40. The van der Waals surface area contributed by atoms with Crippen molar-refractivity contribution in [2.24, 2.45) is 5.92 Å². The molecule has 1 aliphatic carbocycles. The Hall–Kier alpha value is -1.48. The van der Waals surface area contributed by atoms with E-state index in [9.17, 15) is 13.2 Å². The molecule has 2 unspecified atom stereocenters. The van der Waals surface area contributed by atoms with E-state index in [-0.39, 0.29) is 35.8 Å². The summed E-state index contributed by atoms with van der Waals surface area (Å²) in [6, 6.07) is 6.59. The van der Waals surface area contributed by atoms with Crippen LogP contribution in [0.25, 0.3) is 0 Å². The highest BCUT2D eigenvalue weighted by molar-refractivity contribution is 7.86. The Morgan fingerprint density at radius 3 is 2.47 bits per heavy atom. The summed E-state index contributed by atoms with van der Waals surface area (Å²) < 4.78 is 48.4. The molecule has 180 valence electrons. The molecule has 7 nitrogen and oxygen atoms in total. The van der Waals surface area contributed by atoms with E-state index in [2.05, 4.69) is 0 Å². The summed E-state index contributed by atoms with van der Waals surface area (Å²) in [5.74, 6) is -0.186. The van der Waals surface area contributed by atoms with Crippen LogP contribution in [-0.2, 0) is 33.3 Å². The number of ether oxygens (including phenoxy) is 3. The normalized spacial score (nSPS) is 25.6. The third kappa shape index (κ3) is 7.83. The van der Waals surface area contributed by atoms with Crippen molar-refractivity contribution >= 4 is 16.1 Å². The quantitative estimate of drug-likeness (QED) is 0.299. The van der Waals surface area contributed by atoms with Gasteiger partial charge in [0, 0.05) is 13.5 Å². The summed E-state index contributed by atoms with van der Waals surface area (Å²) in [6.07, 6.45) is 7.23. The molecule has 2 fully saturated rings. The molecular formula is C24H36O7S. The smallest absolute Gasteiger partial charge is 0.302 e. The number of aryl methyl sites for hydroxylation is 1. The molecular weight excluding hydrogens is 432 g/mol. The number of benzene rings is 1. The minimum Gasteiger partial charge on any atom is -0.462 e. The van der Waals surface area contributed by atoms with Gasteiger partial charge in [-0.1, -0.05) is 30.5 Å². The summed E-state index contributed by atoms with van der Waals surface area (Å²) in [7, 11) is -3.90. The zero-order chi connectivity index (χ0) is 23.0. The molecule has 0 N–H and O–H groups in total. The molecule has 0 radical (unpaired) electrons. The van der Waals surface area contributed by atoms with E-state index >= 15 is 0 Å². The van der Waals surface area contributed by atoms with Crippen molar-refractivity contribution in [1.29, 1.82) is 0 Å². The molecule has 1 aromatic carbocycles. The largest absolute Gasteiger partial charge is 0.462 e. The van der Waals surface area contributed by atoms with E-state index in [0.29, 0.717) is 13.0 Å². The molecule has 0 amide bonds. The van der Waals surface area contributed by atoms with Crippen LogP contribution in [0.5, 0.6) is 0 Å². The molecule has 3 rings (SSSR count). The maximum absolute atomic E-state index is 12.7. The van der Waals surface area contributed by atoms with Crippen LogP contribution in [0.4, 0.5) is 0 Å². The molecule has 8 heteroatoms. The van der Waals surface area contributed by atoms with Gasteiger partial charge in [-0.3, -0.25) is 8.98 Å². The van der Waals surface area contributed by atoms with Gasteiger partial charge in [0.25, 0.3) is 10.1 Å². The van der Waals surface area contributed by atoms with Gasteiger partial charge in [0.15, 0.2) is 6.29 Å². The highest BCUT2D eigenvalue weighted by Crippen LogP contribution is 2.31. The Bertz CT molecular complexity index is 815. The Balaban J connectivity index is 1.70. The third-order valence-corrected chi connectivity index (χ3v) is 7.47. The second-order valence-electron chi connectivity index (χ2n) is 8.89. The monoisotopic (exact) mass is 468 g/mol. The minimum atomic E-state index is -3.90. The minimum absolute atomic E-state index is 0.0978. The van der Waals surface area contributed by atoms with Crippen LogP contribution >= 0.6 is 0 Å². The number of hydrogen-bond donors (Lipinski definition) is 0. The average molecular weight is 469 g/mol. The lowest BCUT2D eigenvalue weighted by Gasteiger charge is -2.32. The van der Waals surface area contributed by atoms with Crippen molar-refractivity contribution in [3.8, 4) is 0 Å². The van der Waals surface area contributed by atoms with Gasteiger partial charge in [-0.05, 0) is 69.9 Å². The molecule has 4 atom stereocenters. The molecule has 1 saturated heterocycles. The standard InChI is InChI=1S/C24H36O7S/c1-18-11-13-22(14-12-18)32(26,27)29-17-21(31-24-10-6-7-15-28-24)16-20-8-4-3-5-9-23(20)30-19(2)25/h11-14,20-21,23-24H,3-10,15-17H2,1-2H3/t20-,21?,23+,24?/m0/s1. The van der Waals surface area contributed by atoms with Gasteiger partial charge in [0.1, 0.15) is 6.10 Å². The number of carbonyl (C=O) groups is 1. The number of carbonyl (C=O) groups excluding carboxylic acids is 1. The van der Waals surface area contributed by atoms with E-state index in [4.69, 9.17) is 18.4 Å². The fourth-order valence-electron chi connectivity index (χ4n) is 4.46. The van der Waals surface area contributed by atoms with Gasteiger partial charge in [0.2, 0.25) is 0 Å². The van der Waals surface area contributed by atoms with Gasteiger partial charge in [-0.25, -0.2) is 0 Å². The Morgan fingerprint density at radius 2 is 1.78 bits per heavy atom. The Morgan fingerprint density at radius 1 is 1.06 bits per heavy atom. The summed E-state index contributed by atoms with van der Waals surface area (Å²) in [4.78, 5) is 11.8. The topological polar surface area (TPSA) is 88.1 Å². The lowest BCUT2D eigenvalue weighted by molar-refractivity contribution is -0.198. The van der Waals surface area contributed by atoms with Crippen LogP contribution in [0.15, 0.2) is 29.2 Å². The summed E-state index contributed by atoms with van der Waals surface area (Å²) in [5.41, 5.74) is 0.976. The first-order valence-corrected chi connectivity index (χ1v) is 13.1. The Kier molecular flexibility index (Phi) is 9.52. The highest BCUT2D eigenvalue weighted by atomic mass is 32.2. The van der Waals surface area contributed by atoms with Crippen LogP contribution in [0.1, 0.15) is 70.3 Å². The average Bonchev–Trinajstić information content (AvgIpc) is 2.98. The van der Waals surface area contributed by atoms with Crippen LogP contribution in [0.2, 0.25) is 0 Å². The van der Waals surface area contributed by atoms with E-state index in [1.54, 1.807) is 24.3 Å². The molecule has 32 heavy (non-hydrogen) atoms. The molecule has 0 bridgehead atoms. The van der Waals surface area contributed by atoms with E-state index < -0.39 is 16.2 Å². The van der Waals surface area contributed by atoms with Gasteiger partial charge in [-0.2, -0.15) is 8.42 Å². The number of rotatable bonds is 9. The SMILES string of the molecule is CC(=O)O[C@@H]1CCCCC[C@H]1CC(COS(=O)(=O)c1ccc(C)cc1)OC1CCCCO1. The van der Waals surface area contributed by atoms with Crippen molar-refractivity contribution in [3.05, 3.63) is 29.8 Å². The molecule has 1 aromatic rings. The van der Waals surface area contributed by atoms with Crippen LogP contribution in [-0.4, -0.2) is 46.1 Å². The molecule has 2 aliphatic rings. The van der Waals surface area contributed by atoms with E-state index in [1.807, 2.05) is 6.92 Å². The molecule has 0 spiro atoms. The number of hydrogen-bond acceptors (Lipinski definition) is 7. The van der Waals surface area contributed by atoms with Gasteiger partial charge in [0.05, 0.1) is 17.6 Å². The lowest BCUT2D eigenvalue weighted by atomic mass is 9.91. The van der Waals surface area contributed by atoms with Crippen molar-refractivity contribution in [3.63, 3.8) is 0 Å². The first-order chi connectivity index (χ1) is 15.3. The predicted octanol–water partition coefficient (Wildman–Crippen LogP) is 4.51. The van der Waals surface area contributed by atoms with E-state index in [0.717, 1.165) is 56.9 Å². The van der Waals surface area contributed by atoms with Gasteiger partial charge in [-0.15, -0.1) is 0 Å². The first-order valence-electron chi connectivity index (χ1n) is 11.7. The maximum Gasteiger partial charge on any atom is 0.302 e. The highest BCUT2D eigenvalue weighted by Gasteiger charge is 2.32.